The predicted octanol–water partition coefficient (Wildman–Crippen LogP) is 4.96. The fourth-order valence-corrected chi connectivity index (χ4v) is 8.38. The van der Waals surface area contributed by atoms with Crippen LogP contribution in [0.4, 0.5) is 25.2 Å². The number of alkyl carbamates (subject to hydrolysis) is 1. The standard InChI is InChI=1S/C49H70N10O17S2/c1-45(2,3)71-40(63)34(75-55-35(33-28-77-41(52-33)54-43(65)73-47(7,8)9)38(61)53-36-39(62)59(49(36,13)14)76-78(67,68)69)27-70-32-18-16-30(17-19-32)37(60)51-31-25-57(21-15-20-50-42(64)72-46(4,5)6)58(26-31)24-29-22-56(23-29)44(66)74-48(10,11)12/h16-19,25-26,28-29,34,36H,15,20-24,27H2,1-14H3,(H4-,50,51,52,53,54,60,61,64,65,67,68,69)/p+1/b55-35-. The lowest BCUT2D eigenvalue weighted by Gasteiger charge is -2.50. The molecule has 2 atom stereocenters. The third-order valence-corrected chi connectivity index (χ3v) is 11.7. The summed E-state index contributed by atoms with van der Waals surface area (Å²) in [6.45, 7) is 24.9. The number of hydrogen-bond donors (Lipinski definition) is 5. The van der Waals surface area contributed by atoms with Crippen LogP contribution in [0.1, 0.15) is 119 Å². The molecular weight excluding hydrogens is 1060 g/mol. The van der Waals surface area contributed by atoms with Crippen LogP contribution in [0.3, 0.4) is 0 Å². The Labute approximate surface area is 456 Å². The van der Waals surface area contributed by atoms with Crippen molar-refractivity contribution < 1.29 is 84.0 Å². The van der Waals surface area contributed by atoms with Gasteiger partial charge in [0, 0.05) is 30.6 Å². The number of aromatic nitrogens is 3. The Morgan fingerprint density at radius 3 is 2.05 bits per heavy atom. The highest BCUT2D eigenvalue weighted by molar-refractivity contribution is 7.80. The summed E-state index contributed by atoms with van der Waals surface area (Å²) in [5.41, 5.74) is -4.84. The summed E-state index contributed by atoms with van der Waals surface area (Å²) >= 11 is 0.863. The number of anilines is 2. The second kappa shape index (κ2) is 24.3. The van der Waals surface area contributed by atoms with Gasteiger partial charge in [0.05, 0.1) is 24.2 Å². The summed E-state index contributed by atoms with van der Waals surface area (Å²) in [5, 5.41) is 16.1. The molecule has 5 N–H and O–H groups in total. The predicted molar refractivity (Wildman–Crippen MR) is 279 cm³/mol. The molecule has 1 aromatic carbocycles. The normalized spacial score (nSPS) is 16.4. The van der Waals surface area contributed by atoms with Gasteiger partial charge in [0.1, 0.15) is 52.2 Å². The first-order chi connectivity index (χ1) is 35.8. The average Bonchev–Trinajstić information content (AvgIpc) is 3.88. The molecule has 2 aliphatic rings. The van der Waals surface area contributed by atoms with Crippen LogP contribution in [-0.4, -0.2) is 147 Å². The van der Waals surface area contributed by atoms with E-state index in [1.165, 1.54) is 43.5 Å². The van der Waals surface area contributed by atoms with Crippen LogP contribution in [0.2, 0.25) is 0 Å². The molecule has 2 saturated heterocycles. The molecule has 430 valence electrons. The van der Waals surface area contributed by atoms with Crippen LogP contribution in [-0.2, 0) is 65.9 Å². The number of amides is 6. The van der Waals surface area contributed by atoms with Crippen molar-refractivity contribution in [1.29, 1.82) is 0 Å². The number of carbonyl (C=O) groups excluding carboxylic acids is 7. The van der Waals surface area contributed by atoms with Gasteiger partial charge >= 0.3 is 34.6 Å². The number of β-lactam (4-membered cyclic amide) rings is 1. The maximum Gasteiger partial charge on any atom is 0.418 e. The van der Waals surface area contributed by atoms with Crippen molar-refractivity contribution in [3.8, 4) is 5.75 Å². The third-order valence-electron chi connectivity index (χ3n) is 10.6. The maximum atomic E-state index is 14.0. The molecule has 0 bridgehead atoms. The van der Waals surface area contributed by atoms with Crippen LogP contribution in [0, 0.1) is 5.92 Å². The Kier molecular flexibility index (Phi) is 19.2. The van der Waals surface area contributed by atoms with E-state index < -0.39 is 105 Å². The van der Waals surface area contributed by atoms with Crippen LogP contribution < -0.4 is 30.7 Å². The third kappa shape index (κ3) is 18.8. The number of benzene rings is 1. The van der Waals surface area contributed by atoms with Gasteiger partial charge in [-0.3, -0.25) is 24.3 Å². The fourth-order valence-electron chi connectivity index (χ4n) is 7.25. The number of carbonyl (C=O) groups is 7. The molecular formula is C49H71N10O17S2+. The maximum absolute atomic E-state index is 14.0. The Bertz CT molecular complexity index is 2830. The highest BCUT2D eigenvalue weighted by atomic mass is 32.3. The molecule has 3 aromatic rings. The number of likely N-dealkylation sites (tertiary alicyclic amines) is 1. The first kappa shape index (κ1) is 61.7. The summed E-state index contributed by atoms with van der Waals surface area (Å²) in [6, 6.07) is 4.47. The molecule has 0 spiro atoms. The number of nitrogens with one attached hydrogen (secondary N) is 4. The van der Waals surface area contributed by atoms with Crippen molar-refractivity contribution in [2.24, 2.45) is 11.1 Å². The van der Waals surface area contributed by atoms with Crippen molar-refractivity contribution in [1.82, 2.24) is 30.3 Å². The summed E-state index contributed by atoms with van der Waals surface area (Å²) in [4.78, 5) is 103. The van der Waals surface area contributed by atoms with E-state index >= 15 is 0 Å². The fraction of sp³-hybridized carbons (Fsp3) is 0.592. The largest absolute Gasteiger partial charge is 0.489 e. The smallest absolute Gasteiger partial charge is 0.418 e. The molecule has 0 saturated carbocycles. The molecule has 4 heterocycles. The minimum absolute atomic E-state index is 0.0428. The number of ether oxygens (including phenoxy) is 5. The molecule has 2 unspecified atom stereocenters. The quantitative estimate of drug-likeness (QED) is 0.0146. The molecule has 27 nitrogen and oxygen atoms in total. The van der Waals surface area contributed by atoms with Gasteiger partial charge in [-0.05, 0) is 128 Å². The lowest BCUT2D eigenvalue weighted by atomic mass is 9.84. The van der Waals surface area contributed by atoms with Gasteiger partial charge in [-0.25, -0.2) is 24.2 Å². The number of oxime groups is 1. The van der Waals surface area contributed by atoms with Crippen molar-refractivity contribution in [2.45, 2.75) is 157 Å². The van der Waals surface area contributed by atoms with Gasteiger partial charge in [-0.1, -0.05) is 5.16 Å². The zero-order valence-electron chi connectivity index (χ0n) is 46.2. The number of aryl methyl sites for hydroxylation is 1. The molecule has 5 rings (SSSR count). The average molecular weight is 1140 g/mol. The molecule has 0 radical (unpaired) electrons. The first-order valence-corrected chi connectivity index (χ1v) is 26.9. The molecule has 2 aliphatic heterocycles. The van der Waals surface area contributed by atoms with Crippen molar-refractivity contribution in [3.63, 3.8) is 0 Å². The summed E-state index contributed by atoms with van der Waals surface area (Å²) in [5.74, 6) is -3.32. The number of nitrogens with zero attached hydrogens (tertiary/aromatic N) is 6. The number of rotatable bonds is 20. The van der Waals surface area contributed by atoms with Gasteiger partial charge < -0.3 is 49.4 Å². The van der Waals surface area contributed by atoms with E-state index in [-0.39, 0.29) is 28.1 Å². The van der Waals surface area contributed by atoms with Crippen LogP contribution in [0.5, 0.6) is 5.75 Å². The Morgan fingerprint density at radius 2 is 1.47 bits per heavy atom. The van der Waals surface area contributed by atoms with Gasteiger partial charge in [0.2, 0.25) is 6.20 Å². The van der Waals surface area contributed by atoms with E-state index in [2.05, 4.69) is 35.7 Å². The van der Waals surface area contributed by atoms with Crippen molar-refractivity contribution in [2.75, 3.05) is 36.9 Å². The second-order valence-corrected chi connectivity index (χ2v) is 24.6. The van der Waals surface area contributed by atoms with E-state index in [4.69, 9.17) is 28.5 Å². The molecule has 6 amide bonds. The highest BCUT2D eigenvalue weighted by Gasteiger charge is 2.58. The lowest BCUT2D eigenvalue weighted by Crippen LogP contribution is -2.76. The first-order valence-electron chi connectivity index (χ1n) is 24.7. The molecule has 2 fully saturated rings. The van der Waals surface area contributed by atoms with Gasteiger partial charge in [-0.15, -0.1) is 20.3 Å². The lowest BCUT2D eigenvalue weighted by molar-refractivity contribution is -0.781. The van der Waals surface area contributed by atoms with Gasteiger partial charge in [0.15, 0.2) is 17.4 Å². The van der Waals surface area contributed by atoms with E-state index in [0.717, 1.165) is 11.3 Å². The topological polar surface area (TPSA) is 327 Å². The number of thiazole rings is 1. The van der Waals surface area contributed by atoms with E-state index in [1.807, 2.05) is 9.36 Å². The Hall–Kier alpha value is -7.11. The Balaban J connectivity index is 1.31. The molecule has 78 heavy (non-hydrogen) atoms. The van der Waals surface area contributed by atoms with E-state index in [1.54, 1.807) is 100 Å². The molecule has 0 aliphatic carbocycles. The molecule has 2 aromatic heterocycles. The van der Waals surface area contributed by atoms with E-state index in [0.29, 0.717) is 49.9 Å². The summed E-state index contributed by atoms with van der Waals surface area (Å²) in [7, 11) is -5.12. The van der Waals surface area contributed by atoms with Crippen LogP contribution in [0.25, 0.3) is 0 Å². The van der Waals surface area contributed by atoms with Crippen LogP contribution >= 0.6 is 11.3 Å². The Morgan fingerprint density at radius 1 is 0.872 bits per heavy atom. The monoisotopic (exact) mass is 1140 g/mol. The number of esters is 1. The second-order valence-electron chi connectivity index (χ2n) is 22.7. The van der Waals surface area contributed by atoms with Crippen molar-refractivity contribution >= 4 is 80.2 Å². The van der Waals surface area contributed by atoms with Gasteiger partial charge in [-0.2, -0.15) is 18.2 Å². The zero-order chi connectivity index (χ0) is 58.3. The SMILES string of the molecule is CC(C)(C)OC(=O)NCCCn1cc(NC(=O)c2ccc(OCC(O/N=C(\C(=O)NC3C(=O)N(OS(=O)(=O)O)C3(C)C)c3csc(NC(=O)OC(C)(C)C)n3)C(=O)OC(C)(C)C)cc2)c[n+]1CC1CN(C(=O)OC(C)(C)C)C1. The summed E-state index contributed by atoms with van der Waals surface area (Å²) in [6.07, 6.45) is 0.608. The number of hydrogen-bond acceptors (Lipinski definition) is 19. The van der Waals surface area contributed by atoms with Crippen molar-refractivity contribution in [3.05, 3.63) is 53.3 Å². The summed E-state index contributed by atoms with van der Waals surface area (Å²) < 4.78 is 67.9. The minimum atomic E-state index is -5.12. The van der Waals surface area contributed by atoms with Gasteiger partial charge in [0.25, 0.3) is 23.8 Å². The minimum Gasteiger partial charge on any atom is -0.489 e. The van der Waals surface area contributed by atoms with E-state index in [9.17, 15) is 46.5 Å². The zero-order valence-corrected chi connectivity index (χ0v) is 47.8. The highest BCUT2D eigenvalue weighted by Crippen LogP contribution is 2.33. The molecule has 29 heteroatoms. The number of hydroxylamine groups is 2. The van der Waals surface area contributed by atoms with Crippen LogP contribution in [0.15, 0.2) is 47.2 Å².